The normalized spacial score (nSPS) is 20.2. The van der Waals surface area contributed by atoms with E-state index in [0.29, 0.717) is 29.3 Å². The molecule has 0 aliphatic heterocycles. The van der Waals surface area contributed by atoms with E-state index >= 15 is 0 Å². The number of aromatic nitrogens is 4. The molecule has 258 valence electrons. The van der Waals surface area contributed by atoms with Gasteiger partial charge in [-0.05, 0) is 93.0 Å². The average Bonchev–Trinajstić information content (AvgIpc) is 3.81. The lowest BCUT2D eigenvalue weighted by Gasteiger charge is -2.63. The van der Waals surface area contributed by atoms with Crippen LogP contribution in [-0.2, 0) is 16.6 Å². The minimum atomic E-state index is -4.23. The number of furan rings is 1. The molecule has 9 rings (SSSR count). The van der Waals surface area contributed by atoms with Crippen molar-refractivity contribution in [2.24, 2.45) is 11.3 Å². The monoisotopic (exact) mass is 694 g/mol. The van der Waals surface area contributed by atoms with Gasteiger partial charge in [-0.25, -0.2) is 32.9 Å². The van der Waals surface area contributed by atoms with E-state index < -0.39 is 16.0 Å². The van der Waals surface area contributed by atoms with Gasteiger partial charge in [0.15, 0.2) is 0 Å². The molecule has 5 aromatic rings. The molecule has 2 bridgehead atoms. The molecule has 3 aromatic heterocycles. The number of carboxylic acid groups (broad SMARTS) is 1. The standard InChI is InChI=1S/C37H38N6O6S/c1-21-5-3-6-22(2)33(21)29-13-32(42-36(41-29)43-50(46,47)28-8-4-7-25(11-28)35(44)45)48-20-26(17-37-14-23(15-37)16-37)38-18-27-19-39-34-30(40-27)12-31(49-34)24-9-10-24/h3-8,11-13,19,23-24,26,38H,9-10,14-18,20H2,1-2H3,(H,44,45)(H,41,42,43)/t23?,26-,37?/m1/s1. The Kier molecular flexibility index (Phi) is 8.06. The second kappa shape index (κ2) is 12.5. The first-order valence-electron chi connectivity index (χ1n) is 17.0. The molecule has 2 aromatic carbocycles. The Morgan fingerprint density at radius 2 is 1.80 bits per heavy atom. The Morgan fingerprint density at radius 1 is 1.04 bits per heavy atom. The van der Waals surface area contributed by atoms with Crippen molar-refractivity contribution in [1.29, 1.82) is 0 Å². The van der Waals surface area contributed by atoms with Crippen LogP contribution in [0.15, 0.2) is 70.1 Å². The quantitative estimate of drug-likeness (QED) is 0.118. The largest absolute Gasteiger partial charge is 0.478 e. The minimum absolute atomic E-state index is 0.0300. The van der Waals surface area contributed by atoms with Gasteiger partial charge >= 0.3 is 5.97 Å². The molecule has 0 unspecified atom stereocenters. The average molecular weight is 695 g/mol. The number of aromatic carboxylic acids is 1. The lowest BCUT2D eigenvalue weighted by atomic mass is 9.43. The molecule has 4 aliphatic carbocycles. The van der Waals surface area contributed by atoms with E-state index in [1.807, 2.05) is 38.1 Å². The third kappa shape index (κ3) is 6.54. The summed E-state index contributed by atoms with van der Waals surface area (Å²) in [7, 11) is -4.23. The first-order chi connectivity index (χ1) is 24.0. The van der Waals surface area contributed by atoms with Crippen LogP contribution in [0.1, 0.15) is 77.4 Å². The maximum atomic E-state index is 13.4. The number of aryl methyl sites for hydroxylation is 2. The number of fused-ring (bicyclic) bond motifs is 1. The first kappa shape index (κ1) is 32.3. The highest BCUT2D eigenvalue weighted by Crippen LogP contribution is 2.66. The Labute approximate surface area is 289 Å². The van der Waals surface area contributed by atoms with E-state index in [9.17, 15) is 18.3 Å². The molecule has 50 heavy (non-hydrogen) atoms. The molecule has 13 heteroatoms. The van der Waals surface area contributed by atoms with Gasteiger partial charge in [0.05, 0.1) is 28.0 Å². The number of rotatable bonds is 14. The number of nitrogens with one attached hydrogen (secondary N) is 2. The van der Waals surface area contributed by atoms with Gasteiger partial charge in [0.2, 0.25) is 17.5 Å². The van der Waals surface area contributed by atoms with Crippen molar-refractivity contribution in [3.8, 4) is 17.1 Å². The molecular weight excluding hydrogens is 657 g/mol. The van der Waals surface area contributed by atoms with E-state index in [0.717, 1.165) is 64.9 Å². The summed E-state index contributed by atoms with van der Waals surface area (Å²) in [6, 6.07) is 14.7. The summed E-state index contributed by atoms with van der Waals surface area (Å²) in [5.41, 5.74) is 5.58. The summed E-state index contributed by atoms with van der Waals surface area (Å²) in [6.45, 7) is 4.72. The lowest BCUT2D eigenvalue weighted by molar-refractivity contribution is -0.119. The third-order valence-electron chi connectivity index (χ3n) is 10.2. The Hall–Kier alpha value is -4.88. The Balaban J connectivity index is 1.05. The van der Waals surface area contributed by atoms with Crippen LogP contribution >= 0.6 is 0 Å². The molecule has 0 amide bonds. The smallest absolute Gasteiger partial charge is 0.335 e. The summed E-state index contributed by atoms with van der Waals surface area (Å²) in [6.07, 6.45) is 8.67. The number of benzene rings is 2. The molecule has 12 nitrogen and oxygen atoms in total. The second-order valence-electron chi connectivity index (χ2n) is 14.2. The number of nitrogens with zero attached hydrogens (tertiary/aromatic N) is 4. The summed E-state index contributed by atoms with van der Waals surface area (Å²) in [4.78, 5) is 29.7. The fraction of sp³-hybridized carbons (Fsp3) is 0.378. The number of anilines is 1. The summed E-state index contributed by atoms with van der Waals surface area (Å²) >= 11 is 0. The topological polar surface area (TPSA) is 169 Å². The fourth-order valence-electron chi connectivity index (χ4n) is 7.46. The van der Waals surface area contributed by atoms with Crippen LogP contribution < -0.4 is 14.8 Å². The number of carboxylic acids is 1. The Morgan fingerprint density at radius 3 is 2.50 bits per heavy atom. The fourth-order valence-corrected chi connectivity index (χ4v) is 8.44. The highest BCUT2D eigenvalue weighted by molar-refractivity contribution is 7.92. The predicted molar refractivity (Wildman–Crippen MR) is 185 cm³/mol. The van der Waals surface area contributed by atoms with Gasteiger partial charge in [-0.3, -0.25) is 0 Å². The lowest BCUT2D eigenvalue weighted by Crippen LogP contribution is -2.55. The zero-order valence-corrected chi connectivity index (χ0v) is 28.7. The van der Waals surface area contributed by atoms with Gasteiger partial charge in [0.1, 0.15) is 17.9 Å². The van der Waals surface area contributed by atoms with Crippen LogP contribution in [-0.4, -0.2) is 52.1 Å². The summed E-state index contributed by atoms with van der Waals surface area (Å²) in [5.74, 6) is 1.08. The molecule has 0 spiro atoms. The van der Waals surface area contributed by atoms with Crippen molar-refractivity contribution in [2.75, 3.05) is 11.3 Å². The van der Waals surface area contributed by atoms with Crippen LogP contribution in [0, 0.1) is 25.2 Å². The SMILES string of the molecule is Cc1cccc(C)c1-c1cc(OC[C@@H](CC23CC(C2)C3)NCc2cnc3oc(C4CC4)cc3n2)nc(NS(=O)(=O)c2cccc(C(=O)O)c2)n1. The number of ether oxygens (including phenoxy) is 1. The van der Waals surface area contributed by atoms with Crippen molar-refractivity contribution < 1.29 is 27.5 Å². The molecule has 4 fully saturated rings. The molecule has 4 aliphatic rings. The van der Waals surface area contributed by atoms with Gasteiger partial charge < -0.3 is 19.6 Å². The molecule has 3 N–H and O–H groups in total. The van der Waals surface area contributed by atoms with E-state index in [1.54, 1.807) is 12.3 Å². The maximum absolute atomic E-state index is 13.4. The van der Waals surface area contributed by atoms with Crippen molar-refractivity contribution >= 4 is 33.2 Å². The molecule has 0 saturated heterocycles. The van der Waals surface area contributed by atoms with Crippen LogP contribution in [0.25, 0.3) is 22.5 Å². The van der Waals surface area contributed by atoms with Gasteiger partial charge in [0, 0.05) is 36.2 Å². The molecule has 1 atom stereocenters. The zero-order valence-electron chi connectivity index (χ0n) is 27.8. The van der Waals surface area contributed by atoms with Crippen LogP contribution in [0.5, 0.6) is 5.88 Å². The van der Waals surface area contributed by atoms with E-state index in [1.165, 1.54) is 37.5 Å². The van der Waals surface area contributed by atoms with Crippen molar-refractivity contribution in [3.05, 3.63) is 88.9 Å². The van der Waals surface area contributed by atoms with Gasteiger partial charge in [-0.1, -0.05) is 24.3 Å². The van der Waals surface area contributed by atoms with Crippen LogP contribution in [0.4, 0.5) is 5.95 Å². The minimum Gasteiger partial charge on any atom is -0.478 e. The third-order valence-corrected chi connectivity index (χ3v) is 11.5. The highest BCUT2D eigenvalue weighted by Gasteiger charge is 2.56. The van der Waals surface area contributed by atoms with E-state index in [2.05, 4.69) is 25.0 Å². The predicted octanol–water partition coefficient (Wildman–Crippen LogP) is 6.40. The van der Waals surface area contributed by atoms with Crippen molar-refractivity contribution in [2.45, 2.75) is 75.8 Å². The second-order valence-corrected chi connectivity index (χ2v) is 15.8. The van der Waals surface area contributed by atoms with Gasteiger partial charge in [0.25, 0.3) is 10.0 Å². The summed E-state index contributed by atoms with van der Waals surface area (Å²) < 4.78 is 41.6. The molecular formula is C37H38N6O6S. The number of carbonyl (C=O) groups is 1. The van der Waals surface area contributed by atoms with Crippen molar-refractivity contribution in [3.63, 3.8) is 0 Å². The van der Waals surface area contributed by atoms with Crippen LogP contribution in [0.2, 0.25) is 0 Å². The first-order valence-corrected chi connectivity index (χ1v) is 18.4. The van der Waals surface area contributed by atoms with E-state index in [-0.39, 0.29) is 34.9 Å². The number of sulfonamides is 1. The number of hydrogen-bond acceptors (Lipinski definition) is 10. The molecule has 3 heterocycles. The van der Waals surface area contributed by atoms with Gasteiger partial charge in [-0.2, -0.15) is 4.98 Å². The maximum Gasteiger partial charge on any atom is 0.335 e. The number of hydrogen-bond donors (Lipinski definition) is 3. The zero-order chi connectivity index (χ0) is 34.6. The Bertz CT molecular complexity index is 2200. The van der Waals surface area contributed by atoms with Gasteiger partial charge in [-0.15, -0.1) is 0 Å². The summed E-state index contributed by atoms with van der Waals surface area (Å²) in [5, 5.41) is 13.1. The molecule has 0 radical (unpaired) electrons. The van der Waals surface area contributed by atoms with E-state index in [4.69, 9.17) is 14.1 Å². The molecule has 4 saturated carbocycles. The van der Waals surface area contributed by atoms with Crippen LogP contribution in [0.3, 0.4) is 0 Å². The highest BCUT2D eigenvalue weighted by atomic mass is 32.2. The van der Waals surface area contributed by atoms with Crippen molar-refractivity contribution in [1.82, 2.24) is 25.3 Å².